The first-order valence-electron chi connectivity index (χ1n) is 6.16. The van der Waals surface area contributed by atoms with Gasteiger partial charge in [-0.15, -0.1) is 0 Å². The van der Waals surface area contributed by atoms with Crippen molar-refractivity contribution >= 4 is 23.1 Å². The van der Waals surface area contributed by atoms with Crippen molar-refractivity contribution in [2.45, 2.75) is 0 Å². The molecule has 0 spiro atoms. The number of nitrogens with zero attached hydrogens (tertiary/aromatic N) is 4. The van der Waals surface area contributed by atoms with E-state index in [4.69, 9.17) is 0 Å². The summed E-state index contributed by atoms with van der Waals surface area (Å²) in [6, 6.07) is 8.97. The van der Waals surface area contributed by atoms with Gasteiger partial charge in [-0.2, -0.15) is 0 Å². The molecule has 108 valence electrons. The fourth-order valence-corrected chi connectivity index (χ4v) is 1.81. The monoisotopic (exact) mass is 286 g/mol. The van der Waals surface area contributed by atoms with Crippen LogP contribution in [0.1, 0.15) is 0 Å². The van der Waals surface area contributed by atoms with Crippen LogP contribution in [0.5, 0.6) is 0 Å². The van der Waals surface area contributed by atoms with Gasteiger partial charge in [0.2, 0.25) is 0 Å². The first-order valence-corrected chi connectivity index (χ1v) is 6.16. The van der Waals surface area contributed by atoms with Crippen LogP contribution in [0, 0.1) is 10.1 Å². The summed E-state index contributed by atoms with van der Waals surface area (Å²) in [5, 5.41) is 10.9. The summed E-state index contributed by atoms with van der Waals surface area (Å²) in [4.78, 5) is 29.5. The minimum atomic E-state index is -0.492. The van der Waals surface area contributed by atoms with Crippen LogP contribution < -0.4 is 4.90 Å². The minimum absolute atomic E-state index is 0.0712. The van der Waals surface area contributed by atoms with Crippen molar-refractivity contribution in [1.29, 1.82) is 0 Å². The molecule has 0 N–H and O–H groups in total. The number of amides is 2. The quantitative estimate of drug-likeness (QED) is 0.642. The predicted molar refractivity (Wildman–Crippen MR) is 78.6 cm³/mol. The number of nitro groups is 1. The molecule has 0 bridgehead atoms. The summed E-state index contributed by atoms with van der Waals surface area (Å²) in [5.74, 6) is 0. The Hall–Kier alpha value is -2.96. The fraction of sp³-hybridized carbons (Fsp3) is 0.143. The van der Waals surface area contributed by atoms with Gasteiger partial charge in [0.15, 0.2) is 0 Å². The van der Waals surface area contributed by atoms with E-state index in [9.17, 15) is 14.9 Å². The Morgan fingerprint density at radius 2 is 1.81 bits per heavy atom. The molecule has 1 heterocycles. The molecule has 21 heavy (non-hydrogen) atoms. The number of non-ortho nitro benzene ring substituents is 1. The molecule has 1 aromatic carbocycles. The van der Waals surface area contributed by atoms with Crippen molar-refractivity contribution in [3.63, 3.8) is 0 Å². The molecular weight excluding hydrogens is 272 g/mol. The number of urea groups is 1. The topological polar surface area (TPSA) is 79.6 Å². The fourth-order valence-electron chi connectivity index (χ4n) is 1.81. The highest BCUT2D eigenvalue weighted by atomic mass is 16.6. The molecule has 0 saturated heterocycles. The molecule has 0 aliphatic heterocycles. The van der Waals surface area contributed by atoms with Crippen LogP contribution in [0.15, 0.2) is 48.8 Å². The van der Waals surface area contributed by atoms with E-state index < -0.39 is 4.92 Å². The SMILES string of the molecule is CN(C)C(=O)N(c1ccncc1)c1cccc([N+](=O)[O-])c1. The van der Waals surface area contributed by atoms with Crippen LogP contribution in [0.25, 0.3) is 0 Å². The number of carbonyl (C=O) groups excluding carboxylic acids is 1. The number of rotatable bonds is 3. The third kappa shape index (κ3) is 3.14. The predicted octanol–water partition coefficient (Wildman–Crippen LogP) is 2.81. The largest absolute Gasteiger partial charge is 0.330 e. The van der Waals surface area contributed by atoms with Crippen molar-refractivity contribution in [3.05, 3.63) is 58.9 Å². The number of carbonyl (C=O) groups is 1. The molecule has 2 amide bonds. The first-order chi connectivity index (χ1) is 10.0. The zero-order chi connectivity index (χ0) is 15.4. The number of anilines is 2. The highest BCUT2D eigenvalue weighted by Gasteiger charge is 2.21. The molecule has 0 radical (unpaired) electrons. The van der Waals surface area contributed by atoms with Crippen molar-refractivity contribution in [2.24, 2.45) is 0 Å². The average molecular weight is 286 g/mol. The Bertz CT molecular complexity index is 658. The number of nitro benzene ring substituents is 1. The number of hydrogen-bond acceptors (Lipinski definition) is 4. The zero-order valence-electron chi connectivity index (χ0n) is 11.6. The Morgan fingerprint density at radius 1 is 1.14 bits per heavy atom. The molecular formula is C14H14N4O3. The van der Waals surface area contributed by atoms with E-state index in [0.717, 1.165) is 0 Å². The maximum absolute atomic E-state index is 12.4. The number of hydrogen-bond donors (Lipinski definition) is 0. The second-order valence-corrected chi connectivity index (χ2v) is 4.49. The molecule has 0 aliphatic carbocycles. The molecule has 0 aliphatic rings. The number of benzene rings is 1. The van der Waals surface area contributed by atoms with Crippen LogP contribution in [-0.4, -0.2) is 34.9 Å². The summed E-state index contributed by atoms with van der Waals surface area (Å²) < 4.78 is 0. The van der Waals surface area contributed by atoms with Gasteiger partial charge in [-0.3, -0.25) is 20.0 Å². The van der Waals surface area contributed by atoms with E-state index in [2.05, 4.69) is 4.98 Å². The van der Waals surface area contributed by atoms with Gasteiger partial charge in [0.25, 0.3) is 5.69 Å². The third-order valence-corrected chi connectivity index (χ3v) is 2.79. The van der Waals surface area contributed by atoms with Gasteiger partial charge in [-0.25, -0.2) is 4.79 Å². The molecule has 0 fully saturated rings. The molecule has 0 atom stereocenters. The van der Waals surface area contributed by atoms with E-state index in [-0.39, 0.29) is 11.7 Å². The van der Waals surface area contributed by atoms with Crippen molar-refractivity contribution in [1.82, 2.24) is 9.88 Å². The van der Waals surface area contributed by atoms with Crippen molar-refractivity contribution < 1.29 is 9.72 Å². The second kappa shape index (κ2) is 6.00. The zero-order valence-corrected chi connectivity index (χ0v) is 11.6. The van der Waals surface area contributed by atoms with Crippen molar-refractivity contribution in [2.75, 3.05) is 19.0 Å². The summed E-state index contributed by atoms with van der Waals surface area (Å²) in [7, 11) is 3.24. The Morgan fingerprint density at radius 3 is 2.38 bits per heavy atom. The normalized spacial score (nSPS) is 10.0. The highest BCUT2D eigenvalue weighted by molar-refractivity contribution is 5.99. The summed E-state index contributed by atoms with van der Waals surface area (Å²) in [5.41, 5.74) is 0.941. The molecule has 0 unspecified atom stereocenters. The summed E-state index contributed by atoms with van der Waals surface area (Å²) in [6.07, 6.45) is 3.12. The van der Waals surface area contributed by atoms with Gasteiger partial charge in [0.05, 0.1) is 16.3 Å². The van der Waals surface area contributed by atoms with E-state index in [1.807, 2.05) is 0 Å². The minimum Gasteiger partial charge on any atom is -0.330 e. The Balaban J connectivity index is 2.52. The third-order valence-electron chi connectivity index (χ3n) is 2.79. The molecule has 0 saturated carbocycles. The van der Waals surface area contributed by atoms with Crippen LogP contribution in [0.2, 0.25) is 0 Å². The molecule has 7 heteroatoms. The molecule has 7 nitrogen and oxygen atoms in total. The van der Waals surface area contributed by atoms with Gasteiger partial charge in [0.1, 0.15) is 0 Å². The lowest BCUT2D eigenvalue weighted by Gasteiger charge is -2.26. The van der Waals surface area contributed by atoms with E-state index in [0.29, 0.717) is 11.4 Å². The Labute approximate surface area is 121 Å². The maximum Gasteiger partial charge on any atom is 0.328 e. The lowest BCUT2D eigenvalue weighted by atomic mass is 10.2. The standard InChI is InChI=1S/C14H14N4O3/c1-16(2)14(19)17(11-6-8-15-9-7-11)12-4-3-5-13(10-12)18(20)21/h3-10H,1-2H3. The van der Waals surface area contributed by atoms with E-state index in [1.54, 1.807) is 50.8 Å². The van der Waals surface area contributed by atoms with Crippen LogP contribution >= 0.6 is 0 Å². The van der Waals surface area contributed by atoms with Gasteiger partial charge >= 0.3 is 6.03 Å². The lowest BCUT2D eigenvalue weighted by molar-refractivity contribution is -0.384. The second-order valence-electron chi connectivity index (χ2n) is 4.49. The Kier molecular flexibility index (Phi) is 4.13. The van der Waals surface area contributed by atoms with E-state index >= 15 is 0 Å². The van der Waals surface area contributed by atoms with Gasteiger partial charge < -0.3 is 4.90 Å². The highest BCUT2D eigenvalue weighted by Crippen LogP contribution is 2.28. The van der Waals surface area contributed by atoms with Crippen molar-refractivity contribution in [3.8, 4) is 0 Å². The summed E-state index contributed by atoms with van der Waals surface area (Å²) in [6.45, 7) is 0. The lowest BCUT2D eigenvalue weighted by Crippen LogP contribution is -2.36. The van der Waals surface area contributed by atoms with E-state index in [1.165, 1.54) is 21.9 Å². The maximum atomic E-state index is 12.4. The van der Waals surface area contributed by atoms with Crippen LogP contribution in [-0.2, 0) is 0 Å². The average Bonchev–Trinajstić information content (AvgIpc) is 2.48. The van der Waals surface area contributed by atoms with Gasteiger partial charge in [-0.05, 0) is 18.2 Å². The van der Waals surface area contributed by atoms with Gasteiger partial charge in [0, 0.05) is 38.6 Å². The van der Waals surface area contributed by atoms with Crippen LogP contribution in [0.3, 0.4) is 0 Å². The molecule has 2 aromatic rings. The summed E-state index contributed by atoms with van der Waals surface area (Å²) >= 11 is 0. The molecule has 2 rings (SSSR count). The smallest absolute Gasteiger partial charge is 0.328 e. The number of aromatic nitrogens is 1. The molecule has 1 aromatic heterocycles. The van der Waals surface area contributed by atoms with Gasteiger partial charge in [-0.1, -0.05) is 6.07 Å². The first kappa shape index (κ1) is 14.4. The number of pyridine rings is 1. The van der Waals surface area contributed by atoms with Crippen LogP contribution in [0.4, 0.5) is 21.9 Å².